The molecule has 3 N–H and O–H groups in total. The van der Waals surface area contributed by atoms with E-state index in [1.165, 1.54) is 0 Å². The van der Waals surface area contributed by atoms with Gasteiger partial charge in [0.05, 0.1) is 0 Å². The molecule has 0 aromatic heterocycles. The molecule has 0 saturated heterocycles. The minimum atomic E-state index is -0.168. The number of rotatable bonds is 6. The number of benzene rings is 1. The highest BCUT2D eigenvalue weighted by molar-refractivity contribution is 5.96. The van der Waals surface area contributed by atoms with Crippen molar-refractivity contribution in [1.29, 1.82) is 0 Å². The summed E-state index contributed by atoms with van der Waals surface area (Å²) in [6, 6.07) is 6.79. The molecule has 2 amide bonds. The van der Waals surface area contributed by atoms with Gasteiger partial charge in [0.25, 0.3) is 5.91 Å². The van der Waals surface area contributed by atoms with Crippen LogP contribution in [0.5, 0.6) is 0 Å². The third kappa shape index (κ3) is 5.06. The van der Waals surface area contributed by atoms with Crippen molar-refractivity contribution >= 4 is 17.5 Å². The fourth-order valence-corrected chi connectivity index (χ4v) is 2.39. The van der Waals surface area contributed by atoms with Gasteiger partial charge >= 0.3 is 0 Å². The second kappa shape index (κ2) is 7.13. The number of aliphatic hydroxyl groups is 1. The lowest BCUT2D eigenvalue weighted by atomic mass is 9.85. The van der Waals surface area contributed by atoms with Gasteiger partial charge < -0.3 is 15.7 Å². The Balaban J connectivity index is 1.97. The molecular formula is C18H26N2O3. The number of anilines is 1. The molecule has 1 aliphatic carbocycles. The Labute approximate surface area is 137 Å². The van der Waals surface area contributed by atoms with Gasteiger partial charge in [0.15, 0.2) is 0 Å². The first kappa shape index (κ1) is 17.5. The maximum absolute atomic E-state index is 12.3. The molecule has 0 bridgehead atoms. The first-order valence-corrected chi connectivity index (χ1v) is 8.14. The number of nitrogens with one attached hydrogen (secondary N) is 2. The molecule has 5 nitrogen and oxygen atoms in total. The minimum Gasteiger partial charge on any atom is -0.396 e. The molecule has 1 aliphatic rings. The highest BCUT2D eigenvalue weighted by Crippen LogP contribution is 2.30. The smallest absolute Gasteiger partial charge is 0.251 e. The molecule has 0 heterocycles. The van der Waals surface area contributed by atoms with E-state index in [1.54, 1.807) is 24.3 Å². The predicted octanol–water partition coefficient (Wildman–Crippen LogP) is 2.56. The van der Waals surface area contributed by atoms with Crippen LogP contribution in [0.25, 0.3) is 0 Å². The summed E-state index contributed by atoms with van der Waals surface area (Å²) >= 11 is 0. The highest BCUT2D eigenvalue weighted by Gasteiger charge is 2.29. The van der Waals surface area contributed by atoms with Crippen molar-refractivity contribution in [2.75, 3.05) is 11.9 Å². The van der Waals surface area contributed by atoms with Crippen LogP contribution in [-0.2, 0) is 4.79 Å². The van der Waals surface area contributed by atoms with Crippen LogP contribution in [0.1, 0.15) is 50.4 Å². The fourth-order valence-electron chi connectivity index (χ4n) is 2.39. The molecule has 1 fully saturated rings. The average Bonchev–Trinajstić information content (AvgIpc) is 3.31. The van der Waals surface area contributed by atoms with Gasteiger partial charge in [0.2, 0.25) is 5.91 Å². The molecule has 1 aromatic carbocycles. The first-order valence-electron chi connectivity index (χ1n) is 8.14. The average molecular weight is 318 g/mol. The summed E-state index contributed by atoms with van der Waals surface area (Å²) in [4.78, 5) is 24.1. The Bertz CT molecular complexity index is 557. The van der Waals surface area contributed by atoms with E-state index >= 15 is 0 Å². The normalized spacial score (nSPS) is 15.8. The molecule has 1 saturated carbocycles. The van der Waals surface area contributed by atoms with Crippen molar-refractivity contribution in [2.24, 2.45) is 11.3 Å². The van der Waals surface area contributed by atoms with Crippen LogP contribution in [0.3, 0.4) is 0 Å². The second-order valence-electron chi connectivity index (χ2n) is 7.25. The monoisotopic (exact) mass is 318 g/mol. The van der Waals surface area contributed by atoms with Gasteiger partial charge in [0.1, 0.15) is 0 Å². The summed E-state index contributed by atoms with van der Waals surface area (Å²) in [5, 5.41) is 15.0. The van der Waals surface area contributed by atoms with Crippen LogP contribution in [0.15, 0.2) is 24.3 Å². The van der Waals surface area contributed by atoms with Gasteiger partial charge in [-0.15, -0.1) is 0 Å². The van der Waals surface area contributed by atoms with E-state index in [1.807, 2.05) is 20.8 Å². The molecule has 1 atom stereocenters. The van der Waals surface area contributed by atoms with E-state index in [-0.39, 0.29) is 35.8 Å². The van der Waals surface area contributed by atoms with Crippen LogP contribution < -0.4 is 10.6 Å². The third-order valence-corrected chi connectivity index (χ3v) is 4.13. The van der Waals surface area contributed by atoms with Gasteiger partial charge in [-0.2, -0.15) is 0 Å². The fraction of sp³-hybridized carbons (Fsp3) is 0.556. The summed E-state index contributed by atoms with van der Waals surface area (Å²) < 4.78 is 0. The largest absolute Gasteiger partial charge is 0.396 e. The lowest BCUT2D eigenvalue weighted by Gasteiger charge is -2.31. The number of aliphatic hydroxyl groups excluding tert-OH is 1. The van der Waals surface area contributed by atoms with Crippen molar-refractivity contribution in [2.45, 2.75) is 46.1 Å². The Morgan fingerprint density at radius 2 is 1.83 bits per heavy atom. The van der Waals surface area contributed by atoms with Gasteiger partial charge in [-0.3, -0.25) is 9.59 Å². The van der Waals surface area contributed by atoms with E-state index in [4.69, 9.17) is 5.11 Å². The zero-order valence-corrected chi connectivity index (χ0v) is 14.1. The van der Waals surface area contributed by atoms with E-state index < -0.39 is 0 Å². The van der Waals surface area contributed by atoms with E-state index in [0.29, 0.717) is 17.7 Å². The zero-order valence-electron chi connectivity index (χ0n) is 14.1. The van der Waals surface area contributed by atoms with Crippen molar-refractivity contribution in [3.8, 4) is 0 Å². The summed E-state index contributed by atoms with van der Waals surface area (Å²) in [6.07, 6.45) is 2.45. The Morgan fingerprint density at radius 1 is 1.22 bits per heavy atom. The first-order chi connectivity index (χ1) is 10.8. The standard InChI is InChI=1S/C18H26N2O3/c1-18(2,3)15(10-11-21)20-17(23)13-6-8-14(9-7-13)19-16(22)12-4-5-12/h6-9,12,15,21H,4-5,10-11H2,1-3H3,(H,19,22)(H,20,23). The zero-order chi connectivity index (χ0) is 17.0. The Kier molecular flexibility index (Phi) is 5.42. The topological polar surface area (TPSA) is 78.4 Å². The van der Waals surface area contributed by atoms with Crippen LogP contribution in [0.2, 0.25) is 0 Å². The van der Waals surface area contributed by atoms with Crippen molar-refractivity contribution in [1.82, 2.24) is 5.32 Å². The third-order valence-electron chi connectivity index (χ3n) is 4.13. The van der Waals surface area contributed by atoms with Crippen molar-refractivity contribution in [3.63, 3.8) is 0 Å². The van der Waals surface area contributed by atoms with Crippen LogP contribution >= 0.6 is 0 Å². The summed E-state index contributed by atoms with van der Waals surface area (Å²) in [5.74, 6) is 0.0420. The lowest BCUT2D eigenvalue weighted by molar-refractivity contribution is -0.117. The Morgan fingerprint density at radius 3 is 2.30 bits per heavy atom. The molecule has 2 rings (SSSR count). The van der Waals surface area contributed by atoms with Gasteiger partial charge in [-0.1, -0.05) is 20.8 Å². The number of hydrogen-bond donors (Lipinski definition) is 3. The second-order valence-corrected chi connectivity index (χ2v) is 7.25. The highest BCUT2D eigenvalue weighted by atomic mass is 16.3. The molecule has 0 spiro atoms. The Hall–Kier alpha value is -1.88. The number of carbonyl (C=O) groups is 2. The summed E-state index contributed by atoms with van der Waals surface area (Å²) in [6.45, 7) is 6.13. The number of hydrogen-bond acceptors (Lipinski definition) is 3. The van der Waals surface area contributed by atoms with E-state index in [9.17, 15) is 9.59 Å². The molecule has 1 aromatic rings. The van der Waals surface area contributed by atoms with Gasteiger partial charge in [-0.05, 0) is 48.9 Å². The molecular weight excluding hydrogens is 292 g/mol. The summed E-state index contributed by atoms with van der Waals surface area (Å²) in [5.41, 5.74) is 1.12. The van der Waals surface area contributed by atoms with E-state index in [0.717, 1.165) is 12.8 Å². The maximum Gasteiger partial charge on any atom is 0.251 e. The van der Waals surface area contributed by atoms with E-state index in [2.05, 4.69) is 10.6 Å². The van der Waals surface area contributed by atoms with Crippen LogP contribution in [-0.4, -0.2) is 29.6 Å². The van der Waals surface area contributed by atoms with Crippen molar-refractivity contribution < 1.29 is 14.7 Å². The van der Waals surface area contributed by atoms with Crippen LogP contribution in [0.4, 0.5) is 5.69 Å². The minimum absolute atomic E-state index is 0.0361. The molecule has 5 heteroatoms. The predicted molar refractivity (Wildman–Crippen MR) is 90.2 cm³/mol. The maximum atomic E-state index is 12.3. The molecule has 1 unspecified atom stereocenters. The number of carbonyl (C=O) groups excluding carboxylic acids is 2. The quantitative estimate of drug-likeness (QED) is 0.754. The lowest BCUT2D eigenvalue weighted by Crippen LogP contribution is -2.44. The summed E-state index contributed by atoms with van der Waals surface area (Å²) in [7, 11) is 0. The van der Waals surface area contributed by atoms with Gasteiger partial charge in [-0.25, -0.2) is 0 Å². The van der Waals surface area contributed by atoms with Crippen molar-refractivity contribution in [3.05, 3.63) is 29.8 Å². The molecule has 23 heavy (non-hydrogen) atoms. The molecule has 0 aliphatic heterocycles. The number of amides is 2. The molecule has 0 radical (unpaired) electrons. The van der Waals surface area contributed by atoms with Crippen LogP contribution in [0, 0.1) is 11.3 Å². The SMILES string of the molecule is CC(C)(C)C(CCO)NC(=O)c1ccc(NC(=O)C2CC2)cc1. The molecule has 126 valence electrons. The van der Waals surface area contributed by atoms with Gasteiger partial charge in [0, 0.05) is 29.8 Å².